The highest BCUT2D eigenvalue weighted by molar-refractivity contribution is 5.94. The maximum atomic E-state index is 12.1. The lowest BCUT2D eigenvalue weighted by Gasteiger charge is -2.08. The summed E-state index contributed by atoms with van der Waals surface area (Å²) >= 11 is 0. The summed E-state index contributed by atoms with van der Waals surface area (Å²) in [6.07, 6.45) is 3.85. The number of aryl methyl sites for hydroxylation is 1. The van der Waals surface area contributed by atoms with Gasteiger partial charge in [0.1, 0.15) is 11.5 Å². The van der Waals surface area contributed by atoms with Gasteiger partial charge < -0.3 is 15.2 Å². The number of unbranched alkanes of at least 4 members (excludes halogenated alkanes) is 1. The van der Waals surface area contributed by atoms with Gasteiger partial charge in [-0.1, -0.05) is 25.5 Å². The lowest BCUT2D eigenvalue weighted by molar-refractivity contribution is 0.0953. The molecule has 0 aliphatic carbocycles. The smallest absolute Gasteiger partial charge is 0.251 e. The SMILES string of the molecule is CCCCOc1ccc(C(=O)NCCCc2ccc(O)cc2)cc1. The van der Waals surface area contributed by atoms with E-state index >= 15 is 0 Å². The van der Waals surface area contributed by atoms with E-state index < -0.39 is 0 Å². The molecule has 0 heterocycles. The first-order valence-electron chi connectivity index (χ1n) is 8.48. The maximum absolute atomic E-state index is 12.1. The highest BCUT2D eigenvalue weighted by Gasteiger charge is 2.05. The van der Waals surface area contributed by atoms with Gasteiger partial charge in [-0.15, -0.1) is 0 Å². The van der Waals surface area contributed by atoms with Crippen molar-refractivity contribution in [1.82, 2.24) is 5.32 Å². The van der Waals surface area contributed by atoms with Crippen LogP contribution in [0.3, 0.4) is 0 Å². The van der Waals surface area contributed by atoms with Gasteiger partial charge in [0.25, 0.3) is 5.91 Å². The predicted molar refractivity (Wildman–Crippen MR) is 95.6 cm³/mol. The molecular formula is C20H25NO3. The molecule has 2 aromatic rings. The normalized spacial score (nSPS) is 10.4. The standard InChI is InChI=1S/C20H25NO3/c1-2-3-15-24-19-12-8-17(9-13-19)20(23)21-14-4-5-16-6-10-18(22)11-7-16/h6-13,22H,2-5,14-15H2,1H3,(H,21,23). The van der Waals surface area contributed by atoms with Gasteiger partial charge in [0.05, 0.1) is 6.61 Å². The number of amides is 1. The Balaban J connectivity index is 1.71. The molecule has 0 saturated heterocycles. The van der Waals surface area contributed by atoms with Crippen LogP contribution in [0.4, 0.5) is 0 Å². The Morgan fingerprint density at radius 2 is 1.75 bits per heavy atom. The van der Waals surface area contributed by atoms with Gasteiger partial charge in [-0.3, -0.25) is 4.79 Å². The number of carbonyl (C=O) groups excluding carboxylic acids is 1. The minimum Gasteiger partial charge on any atom is -0.508 e. The third-order valence-corrected chi connectivity index (χ3v) is 3.75. The van der Waals surface area contributed by atoms with Crippen LogP contribution in [0.1, 0.15) is 42.1 Å². The second-order valence-corrected chi connectivity index (χ2v) is 5.75. The van der Waals surface area contributed by atoms with Crippen LogP contribution in [0.15, 0.2) is 48.5 Å². The molecule has 2 N–H and O–H groups in total. The Kier molecular flexibility index (Phi) is 7.15. The molecule has 0 radical (unpaired) electrons. The number of ether oxygens (including phenoxy) is 1. The second-order valence-electron chi connectivity index (χ2n) is 5.75. The monoisotopic (exact) mass is 327 g/mol. The molecule has 0 bridgehead atoms. The Morgan fingerprint density at radius 1 is 1.04 bits per heavy atom. The lowest BCUT2D eigenvalue weighted by atomic mass is 10.1. The number of hydrogen-bond donors (Lipinski definition) is 2. The Morgan fingerprint density at radius 3 is 2.42 bits per heavy atom. The Bertz CT molecular complexity index is 620. The van der Waals surface area contributed by atoms with Crippen LogP contribution in [0, 0.1) is 0 Å². The van der Waals surface area contributed by atoms with E-state index in [-0.39, 0.29) is 11.7 Å². The molecule has 0 fully saturated rings. The zero-order valence-corrected chi connectivity index (χ0v) is 14.1. The van der Waals surface area contributed by atoms with E-state index in [4.69, 9.17) is 4.74 Å². The first-order valence-corrected chi connectivity index (χ1v) is 8.48. The molecule has 128 valence electrons. The van der Waals surface area contributed by atoms with Crippen molar-refractivity contribution in [2.45, 2.75) is 32.6 Å². The maximum Gasteiger partial charge on any atom is 0.251 e. The number of benzene rings is 2. The zero-order valence-electron chi connectivity index (χ0n) is 14.1. The molecular weight excluding hydrogens is 302 g/mol. The molecule has 1 amide bonds. The van der Waals surface area contributed by atoms with E-state index in [1.165, 1.54) is 0 Å². The Hall–Kier alpha value is -2.49. The van der Waals surface area contributed by atoms with E-state index in [9.17, 15) is 9.90 Å². The van der Waals surface area contributed by atoms with Crippen molar-refractivity contribution < 1.29 is 14.6 Å². The number of carbonyl (C=O) groups is 1. The summed E-state index contributed by atoms with van der Waals surface area (Å²) in [5, 5.41) is 12.2. The molecule has 0 saturated carbocycles. The second kappa shape index (κ2) is 9.60. The predicted octanol–water partition coefficient (Wildman–Crippen LogP) is 3.93. The minimum atomic E-state index is -0.0687. The number of phenolic OH excluding ortho intramolecular Hbond substituents is 1. The van der Waals surface area contributed by atoms with E-state index in [1.54, 1.807) is 24.3 Å². The van der Waals surface area contributed by atoms with E-state index in [2.05, 4.69) is 12.2 Å². The van der Waals surface area contributed by atoms with Gasteiger partial charge in [0.15, 0.2) is 0 Å². The number of rotatable bonds is 9. The lowest BCUT2D eigenvalue weighted by Crippen LogP contribution is -2.24. The summed E-state index contributed by atoms with van der Waals surface area (Å²) in [5.74, 6) is 1.00. The highest BCUT2D eigenvalue weighted by atomic mass is 16.5. The summed E-state index contributed by atoms with van der Waals surface area (Å²) < 4.78 is 5.59. The van der Waals surface area contributed by atoms with Crippen molar-refractivity contribution in [3.05, 3.63) is 59.7 Å². The van der Waals surface area contributed by atoms with Crippen molar-refractivity contribution in [3.63, 3.8) is 0 Å². The van der Waals surface area contributed by atoms with Gasteiger partial charge in [0.2, 0.25) is 0 Å². The molecule has 24 heavy (non-hydrogen) atoms. The number of phenols is 1. The zero-order chi connectivity index (χ0) is 17.2. The first-order chi connectivity index (χ1) is 11.7. The molecule has 0 atom stereocenters. The molecule has 0 spiro atoms. The summed E-state index contributed by atoms with van der Waals surface area (Å²) in [6.45, 7) is 3.45. The van der Waals surface area contributed by atoms with Crippen LogP contribution >= 0.6 is 0 Å². The van der Waals surface area contributed by atoms with Crippen molar-refractivity contribution in [3.8, 4) is 11.5 Å². The van der Waals surface area contributed by atoms with E-state index in [0.29, 0.717) is 18.7 Å². The number of hydrogen-bond acceptors (Lipinski definition) is 3. The van der Waals surface area contributed by atoms with Gasteiger partial charge in [-0.25, -0.2) is 0 Å². The average molecular weight is 327 g/mol. The van der Waals surface area contributed by atoms with Crippen LogP contribution in [-0.4, -0.2) is 24.2 Å². The molecule has 4 heteroatoms. The van der Waals surface area contributed by atoms with Crippen molar-refractivity contribution >= 4 is 5.91 Å². The minimum absolute atomic E-state index is 0.0687. The number of aromatic hydroxyl groups is 1. The van der Waals surface area contributed by atoms with Crippen LogP contribution in [0.2, 0.25) is 0 Å². The molecule has 0 aromatic heterocycles. The van der Waals surface area contributed by atoms with Crippen molar-refractivity contribution in [2.75, 3.05) is 13.2 Å². The van der Waals surface area contributed by atoms with Crippen LogP contribution in [-0.2, 0) is 6.42 Å². The summed E-state index contributed by atoms with van der Waals surface area (Å²) in [6, 6.07) is 14.4. The molecule has 0 aliphatic heterocycles. The fourth-order valence-corrected chi connectivity index (χ4v) is 2.30. The third kappa shape index (κ3) is 5.95. The first kappa shape index (κ1) is 17.9. The van der Waals surface area contributed by atoms with Gasteiger partial charge >= 0.3 is 0 Å². The summed E-state index contributed by atoms with van der Waals surface area (Å²) in [4.78, 5) is 12.1. The quantitative estimate of drug-likeness (QED) is 0.686. The summed E-state index contributed by atoms with van der Waals surface area (Å²) in [7, 11) is 0. The molecule has 0 unspecified atom stereocenters. The topological polar surface area (TPSA) is 58.6 Å². The molecule has 4 nitrogen and oxygen atoms in total. The fourth-order valence-electron chi connectivity index (χ4n) is 2.30. The van der Waals surface area contributed by atoms with Crippen LogP contribution in [0.25, 0.3) is 0 Å². The summed E-state index contributed by atoms with van der Waals surface area (Å²) in [5.41, 5.74) is 1.79. The van der Waals surface area contributed by atoms with E-state index in [1.807, 2.05) is 24.3 Å². The largest absolute Gasteiger partial charge is 0.508 e. The highest BCUT2D eigenvalue weighted by Crippen LogP contribution is 2.13. The van der Waals surface area contributed by atoms with Crippen LogP contribution in [0.5, 0.6) is 11.5 Å². The van der Waals surface area contributed by atoms with E-state index in [0.717, 1.165) is 37.0 Å². The van der Waals surface area contributed by atoms with Crippen molar-refractivity contribution in [2.24, 2.45) is 0 Å². The van der Waals surface area contributed by atoms with Crippen molar-refractivity contribution in [1.29, 1.82) is 0 Å². The van der Waals surface area contributed by atoms with Crippen LogP contribution < -0.4 is 10.1 Å². The number of nitrogens with one attached hydrogen (secondary N) is 1. The molecule has 2 rings (SSSR count). The molecule has 2 aromatic carbocycles. The third-order valence-electron chi connectivity index (χ3n) is 3.75. The van der Waals surface area contributed by atoms with Gasteiger partial charge in [0, 0.05) is 12.1 Å². The average Bonchev–Trinajstić information content (AvgIpc) is 2.61. The molecule has 0 aliphatic rings. The van der Waals surface area contributed by atoms with Gasteiger partial charge in [-0.05, 0) is 61.2 Å². The fraction of sp³-hybridized carbons (Fsp3) is 0.350. The Labute approximate surface area is 143 Å². The van der Waals surface area contributed by atoms with Gasteiger partial charge in [-0.2, -0.15) is 0 Å².